The Morgan fingerprint density at radius 2 is 1.87 bits per heavy atom. The van der Waals surface area contributed by atoms with Crippen molar-refractivity contribution in [3.05, 3.63) is 53.6 Å². The molecule has 1 N–H and O–H groups in total. The van der Waals surface area contributed by atoms with E-state index in [9.17, 15) is 5.11 Å². The van der Waals surface area contributed by atoms with E-state index in [-0.39, 0.29) is 11.3 Å². The number of hydrogen-bond acceptors (Lipinski definition) is 6. The molecule has 0 aliphatic carbocycles. The highest BCUT2D eigenvalue weighted by Gasteiger charge is 2.28. The summed E-state index contributed by atoms with van der Waals surface area (Å²) >= 11 is 0. The Bertz CT molecular complexity index is 1030. The zero-order chi connectivity index (χ0) is 21.6. The van der Waals surface area contributed by atoms with Crippen molar-refractivity contribution < 1.29 is 9.84 Å². The number of rotatable bonds is 5. The van der Waals surface area contributed by atoms with Crippen molar-refractivity contribution in [3.8, 4) is 11.8 Å². The van der Waals surface area contributed by atoms with Gasteiger partial charge in [-0.15, -0.1) is 0 Å². The second-order valence-electron chi connectivity index (χ2n) is 7.43. The molecule has 158 valence electrons. The predicted octanol–water partition coefficient (Wildman–Crippen LogP) is 2.59. The Kier molecular flexibility index (Phi) is 6.36. The number of hydrogen-bond donors (Lipinski definition) is 1. The molecule has 0 amide bonds. The highest BCUT2D eigenvalue weighted by Crippen LogP contribution is 2.22. The summed E-state index contributed by atoms with van der Waals surface area (Å²) in [7, 11) is 0. The van der Waals surface area contributed by atoms with Crippen LogP contribution in [0, 0.1) is 11.3 Å². The van der Waals surface area contributed by atoms with E-state index in [1.807, 2.05) is 18.2 Å². The number of phenols is 1. The van der Waals surface area contributed by atoms with Crippen molar-refractivity contribution in [1.29, 1.82) is 5.26 Å². The SMILES string of the molecule is C=NC(=NC=Nc1ccc(N2CCN(C3COC3)CC2)cc1)c1ccc(O)c(C#N)c1. The third-order valence-corrected chi connectivity index (χ3v) is 5.58. The van der Waals surface area contributed by atoms with Crippen LogP contribution in [0.4, 0.5) is 11.4 Å². The maximum atomic E-state index is 9.64. The summed E-state index contributed by atoms with van der Waals surface area (Å²) in [5, 5.41) is 18.7. The van der Waals surface area contributed by atoms with Gasteiger partial charge in [-0.3, -0.25) is 4.90 Å². The van der Waals surface area contributed by atoms with Gasteiger partial charge in [0.05, 0.1) is 30.5 Å². The van der Waals surface area contributed by atoms with Crippen LogP contribution in [0.15, 0.2) is 57.4 Å². The third-order valence-electron chi connectivity index (χ3n) is 5.58. The van der Waals surface area contributed by atoms with Gasteiger partial charge in [0, 0.05) is 37.4 Å². The van der Waals surface area contributed by atoms with Crippen molar-refractivity contribution in [2.75, 3.05) is 44.3 Å². The quantitative estimate of drug-likeness (QED) is 0.597. The largest absolute Gasteiger partial charge is 0.507 e. The molecule has 2 aromatic carbocycles. The van der Waals surface area contributed by atoms with Crippen molar-refractivity contribution >= 4 is 30.3 Å². The minimum atomic E-state index is -0.0816. The fraction of sp³-hybridized carbons (Fsp3) is 0.304. The summed E-state index contributed by atoms with van der Waals surface area (Å²) in [5.41, 5.74) is 2.71. The van der Waals surface area contributed by atoms with Gasteiger partial charge >= 0.3 is 0 Å². The molecule has 2 heterocycles. The van der Waals surface area contributed by atoms with Gasteiger partial charge in [-0.1, -0.05) is 0 Å². The van der Waals surface area contributed by atoms with Crippen molar-refractivity contribution in [2.45, 2.75) is 6.04 Å². The number of aromatic hydroxyl groups is 1. The average Bonchev–Trinajstić information content (AvgIpc) is 2.77. The van der Waals surface area contributed by atoms with Crippen molar-refractivity contribution in [3.63, 3.8) is 0 Å². The Morgan fingerprint density at radius 1 is 1.13 bits per heavy atom. The number of piperazine rings is 1. The molecule has 0 spiro atoms. The topological polar surface area (TPSA) is 96.8 Å². The van der Waals surface area contributed by atoms with E-state index >= 15 is 0 Å². The Balaban J connectivity index is 1.38. The lowest BCUT2D eigenvalue weighted by Gasteiger charge is -2.43. The van der Waals surface area contributed by atoms with Crippen LogP contribution in [-0.2, 0) is 4.74 Å². The molecule has 0 unspecified atom stereocenters. The molecular formula is C23H24N6O2. The number of amidine groups is 1. The predicted molar refractivity (Wildman–Crippen MR) is 122 cm³/mol. The lowest BCUT2D eigenvalue weighted by Crippen LogP contribution is -2.56. The van der Waals surface area contributed by atoms with Gasteiger partial charge in [-0.25, -0.2) is 15.0 Å². The molecule has 8 heteroatoms. The Morgan fingerprint density at radius 3 is 2.48 bits per heavy atom. The van der Waals surface area contributed by atoms with E-state index in [1.54, 1.807) is 6.07 Å². The van der Waals surface area contributed by atoms with Crippen molar-refractivity contribution in [1.82, 2.24) is 4.90 Å². The number of ether oxygens (including phenoxy) is 1. The molecule has 8 nitrogen and oxygen atoms in total. The standard InChI is InChI=1S/C23H24N6O2/c1-25-23(17-2-7-22(30)18(12-17)13-24)27-16-26-19-3-5-20(6-4-19)28-8-10-29(11-9-28)21-14-31-15-21/h2-7,12,16,21,30H,1,8-11,14-15H2. The van der Waals surface area contributed by atoms with E-state index < -0.39 is 0 Å². The molecule has 0 bridgehead atoms. The first-order valence-electron chi connectivity index (χ1n) is 10.2. The molecule has 2 aliphatic rings. The maximum Gasteiger partial charge on any atom is 0.160 e. The fourth-order valence-corrected chi connectivity index (χ4v) is 3.65. The second-order valence-corrected chi connectivity index (χ2v) is 7.43. The van der Waals surface area contributed by atoms with Gasteiger partial charge in [0.2, 0.25) is 0 Å². The average molecular weight is 416 g/mol. The molecule has 4 rings (SSSR count). The number of phenolic OH excluding ortho intramolecular Hbond substituents is 1. The number of anilines is 1. The maximum absolute atomic E-state index is 9.64. The van der Waals surface area contributed by atoms with Crippen LogP contribution in [0.3, 0.4) is 0 Å². The highest BCUT2D eigenvalue weighted by atomic mass is 16.5. The molecule has 0 saturated carbocycles. The molecule has 2 saturated heterocycles. The fourth-order valence-electron chi connectivity index (χ4n) is 3.65. The third kappa shape index (κ3) is 4.79. The van der Waals surface area contributed by atoms with Crippen LogP contribution < -0.4 is 4.90 Å². The van der Waals surface area contributed by atoms with Crippen LogP contribution in [0.1, 0.15) is 11.1 Å². The first-order chi connectivity index (χ1) is 15.2. The van der Waals surface area contributed by atoms with Gasteiger partial charge < -0.3 is 14.7 Å². The summed E-state index contributed by atoms with van der Waals surface area (Å²) < 4.78 is 5.30. The minimum absolute atomic E-state index is 0.0816. The molecule has 31 heavy (non-hydrogen) atoms. The zero-order valence-corrected chi connectivity index (χ0v) is 17.2. The van der Waals surface area contributed by atoms with Crippen LogP contribution in [0.2, 0.25) is 0 Å². The summed E-state index contributed by atoms with van der Waals surface area (Å²) in [6.07, 6.45) is 1.41. The lowest BCUT2D eigenvalue weighted by molar-refractivity contribution is -0.0660. The number of nitrogens with zero attached hydrogens (tertiary/aromatic N) is 6. The smallest absolute Gasteiger partial charge is 0.160 e. The number of aliphatic imine (C=N–C) groups is 3. The molecular weight excluding hydrogens is 392 g/mol. The first-order valence-corrected chi connectivity index (χ1v) is 10.2. The molecule has 2 aromatic rings. The second kappa shape index (κ2) is 9.51. The minimum Gasteiger partial charge on any atom is -0.507 e. The molecule has 0 radical (unpaired) electrons. The van der Waals surface area contributed by atoms with E-state index in [4.69, 9.17) is 10.00 Å². The Hall–Kier alpha value is -3.54. The van der Waals surface area contributed by atoms with Crippen LogP contribution in [-0.4, -0.2) is 74.3 Å². The van der Waals surface area contributed by atoms with E-state index in [0.29, 0.717) is 17.4 Å². The summed E-state index contributed by atoms with van der Waals surface area (Å²) in [6.45, 7) is 9.40. The van der Waals surface area contributed by atoms with Crippen molar-refractivity contribution in [2.24, 2.45) is 15.0 Å². The summed E-state index contributed by atoms with van der Waals surface area (Å²) in [4.78, 5) is 17.4. The van der Waals surface area contributed by atoms with E-state index in [2.05, 4.69) is 43.6 Å². The number of benzene rings is 2. The monoisotopic (exact) mass is 416 g/mol. The van der Waals surface area contributed by atoms with Gasteiger partial charge in [0.25, 0.3) is 0 Å². The summed E-state index contributed by atoms with van der Waals surface area (Å²) in [5.74, 6) is 0.244. The Labute approximate surface area is 181 Å². The van der Waals surface area contributed by atoms with Gasteiger partial charge in [0.15, 0.2) is 5.84 Å². The van der Waals surface area contributed by atoms with Gasteiger partial charge in [-0.2, -0.15) is 5.26 Å². The molecule has 2 fully saturated rings. The molecule has 0 atom stereocenters. The van der Waals surface area contributed by atoms with Gasteiger partial charge in [0.1, 0.15) is 18.2 Å². The van der Waals surface area contributed by atoms with Crippen LogP contribution in [0.25, 0.3) is 0 Å². The highest BCUT2D eigenvalue weighted by molar-refractivity contribution is 6.05. The number of nitriles is 1. The van der Waals surface area contributed by atoms with E-state index in [0.717, 1.165) is 45.1 Å². The van der Waals surface area contributed by atoms with Gasteiger partial charge in [-0.05, 0) is 49.2 Å². The normalized spacial score (nSPS) is 18.0. The zero-order valence-electron chi connectivity index (χ0n) is 17.2. The van der Waals surface area contributed by atoms with E-state index in [1.165, 1.54) is 24.2 Å². The molecule has 2 aliphatic heterocycles. The molecule has 0 aromatic heterocycles. The summed E-state index contributed by atoms with van der Waals surface area (Å²) in [6, 6.07) is 15.2. The first kappa shape index (κ1) is 20.7. The van der Waals surface area contributed by atoms with Crippen LogP contribution in [0.5, 0.6) is 5.75 Å². The lowest BCUT2D eigenvalue weighted by atomic mass is 10.1. The van der Waals surface area contributed by atoms with Crippen LogP contribution >= 0.6 is 0 Å².